The molecule has 2 aromatic rings. The van der Waals surface area contributed by atoms with Gasteiger partial charge in [-0.2, -0.15) is 0 Å². The van der Waals surface area contributed by atoms with Crippen molar-refractivity contribution in [2.75, 3.05) is 19.7 Å². The van der Waals surface area contributed by atoms with E-state index in [0.29, 0.717) is 0 Å². The van der Waals surface area contributed by atoms with Gasteiger partial charge in [0.2, 0.25) is 0 Å². The predicted molar refractivity (Wildman–Crippen MR) is 79.4 cm³/mol. The molecule has 2 heterocycles. The van der Waals surface area contributed by atoms with Crippen molar-refractivity contribution in [3.63, 3.8) is 0 Å². The minimum absolute atomic E-state index is 0.172. The second-order valence-corrected chi connectivity index (χ2v) is 5.41. The zero-order chi connectivity index (χ0) is 14.5. The summed E-state index contributed by atoms with van der Waals surface area (Å²) in [6.45, 7) is 3.52. The molecule has 0 bridgehead atoms. The van der Waals surface area contributed by atoms with E-state index < -0.39 is 0 Å². The molecule has 0 saturated carbocycles. The van der Waals surface area contributed by atoms with Crippen molar-refractivity contribution < 1.29 is 9.13 Å². The van der Waals surface area contributed by atoms with E-state index in [1.165, 1.54) is 17.7 Å². The predicted octanol–water partition coefficient (Wildman–Crippen LogP) is 2.66. The molecule has 0 amide bonds. The van der Waals surface area contributed by atoms with Gasteiger partial charge < -0.3 is 4.74 Å². The first-order valence-corrected chi connectivity index (χ1v) is 7.27. The number of rotatable bonds is 4. The number of morpholine rings is 1. The third kappa shape index (κ3) is 4.09. The van der Waals surface area contributed by atoms with Gasteiger partial charge in [0.05, 0.1) is 12.7 Å². The summed E-state index contributed by atoms with van der Waals surface area (Å²) in [5.41, 5.74) is 2.39. The normalized spacial score (nSPS) is 19.6. The molecule has 3 nitrogen and oxygen atoms in total. The summed E-state index contributed by atoms with van der Waals surface area (Å²) in [5.74, 6) is -0.192. The van der Waals surface area contributed by atoms with Crippen LogP contribution in [0, 0.1) is 5.82 Å². The largest absolute Gasteiger partial charge is 0.375 e. The Morgan fingerprint density at radius 2 is 1.86 bits per heavy atom. The molecule has 0 N–H and O–H groups in total. The van der Waals surface area contributed by atoms with Crippen molar-refractivity contribution in [2.45, 2.75) is 19.1 Å². The molecule has 0 aliphatic carbocycles. The second kappa shape index (κ2) is 6.78. The Balaban J connectivity index is 1.57. The fraction of sp³-hybridized carbons (Fsp3) is 0.353. The van der Waals surface area contributed by atoms with Crippen LogP contribution < -0.4 is 0 Å². The van der Waals surface area contributed by atoms with Crippen LogP contribution in [0.3, 0.4) is 0 Å². The molecule has 1 saturated heterocycles. The van der Waals surface area contributed by atoms with Crippen LogP contribution in [0.5, 0.6) is 0 Å². The lowest BCUT2D eigenvalue weighted by atomic mass is 10.1. The Morgan fingerprint density at radius 3 is 2.62 bits per heavy atom. The highest BCUT2D eigenvalue weighted by molar-refractivity contribution is 5.17. The maximum absolute atomic E-state index is 12.9. The van der Waals surface area contributed by atoms with Crippen LogP contribution >= 0.6 is 0 Å². The molecule has 4 heteroatoms. The smallest absolute Gasteiger partial charge is 0.123 e. The number of ether oxygens (including phenoxy) is 1. The van der Waals surface area contributed by atoms with Gasteiger partial charge in [-0.15, -0.1) is 0 Å². The van der Waals surface area contributed by atoms with Crippen molar-refractivity contribution in [3.8, 4) is 0 Å². The summed E-state index contributed by atoms with van der Waals surface area (Å²) >= 11 is 0. The first kappa shape index (κ1) is 14.2. The first-order chi connectivity index (χ1) is 10.3. The van der Waals surface area contributed by atoms with Crippen LogP contribution in [0.15, 0.2) is 48.8 Å². The van der Waals surface area contributed by atoms with Crippen LogP contribution in [0.4, 0.5) is 4.39 Å². The van der Waals surface area contributed by atoms with E-state index in [1.54, 1.807) is 0 Å². The number of aromatic nitrogens is 1. The number of pyridine rings is 1. The summed E-state index contributed by atoms with van der Waals surface area (Å²) in [6.07, 6.45) is 4.65. The van der Waals surface area contributed by atoms with E-state index in [1.807, 2.05) is 36.7 Å². The zero-order valence-corrected chi connectivity index (χ0v) is 11.9. The lowest BCUT2D eigenvalue weighted by Crippen LogP contribution is -2.42. The molecule has 0 unspecified atom stereocenters. The Kier molecular flexibility index (Phi) is 4.58. The van der Waals surface area contributed by atoms with Crippen molar-refractivity contribution in [2.24, 2.45) is 0 Å². The summed E-state index contributed by atoms with van der Waals surface area (Å²) in [5, 5.41) is 0. The van der Waals surface area contributed by atoms with Gasteiger partial charge in [0, 0.05) is 32.0 Å². The Morgan fingerprint density at radius 1 is 1.10 bits per heavy atom. The van der Waals surface area contributed by atoms with Gasteiger partial charge in [-0.3, -0.25) is 9.88 Å². The number of nitrogens with zero attached hydrogens (tertiary/aromatic N) is 2. The third-order valence-electron chi connectivity index (χ3n) is 3.76. The SMILES string of the molecule is Fc1ccc(C[C@H]2CN(Cc3ccncc3)CCO2)cc1. The average molecular weight is 286 g/mol. The van der Waals surface area contributed by atoms with Gasteiger partial charge in [0.25, 0.3) is 0 Å². The quantitative estimate of drug-likeness (QED) is 0.864. The molecule has 21 heavy (non-hydrogen) atoms. The van der Waals surface area contributed by atoms with Gasteiger partial charge in [0.1, 0.15) is 5.82 Å². The van der Waals surface area contributed by atoms with Gasteiger partial charge in [-0.1, -0.05) is 12.1 Å². The minimum atomic E-state index is -0.192. The number of halogens is 1. The molecular weight excluding hydrogens is 267 g/mol. The molecule has 3 rings (SSSR count). The first-order valence-electron chi connectivity index (χ1n) is 7.27. The van der Waals surface area contributed by atoms with Gasteiger partial charge >= 0.3 is 0 Å². The van der Waals surface area contributed by atoms with Crippen LogP contribution in [0.2, 0.25) is 0 Å². The topological polar surface area (TPSA) is 25.4 Å². The number of hydrogen-bond acceptors (Lipinski definition) is 3. The molecule has 1 aromatic heterocycles. The van der Waals surface area contributed by atoms with E-state index >= 15 is 0 Å². The van der Waals surface area contributed by atoms with E-state index in [4.69, 9.17) is 4.74 Å². The molecule has 1 aliphatic rings. The molecular formula is C17H19FN2O. The molecule has 1 aliphatic heterocycles. The van der Waals surface area contributed by atoms with E-state index in [0.717, 1.165) is 38.2 Å². The van der Waals surface area contributed by atoms with Crippen LogP contribution in [0.25, 0.3) is 0 Å². The number of hydrogen-bond donors (Lipinski definition) is 0. The van der Waals surface area contributed by atoms with Crippen molar-refractivity contribution >= 4 is 0 Å². The number of benzene rings is 1. The standard InChI is InChI=1S/C17H19FN2O/c18-16-3-1-14(2-4-16)11-17-13-20(9-10-21-17)12-15-5-7-19-8-6-15/h1-8,17H,9-13H2/t17-/m0/s1. The van der Waals surface area contributed by atoms with Crippen LogP contribution in [-0.4, -0.2) is 35.7 Å². The molecule has 1 aromatic carbocycles. The van der Waals surface area contributed by atoms with Crippen molar-refractivity contribution in [1.29, 1.82) is 0 Å². The Bertz CT molecular complexity index is 559. The summed E-state index contributed by atoms with van der Waals surface area (Å²) in [6, 6.07) is 10.8. The monoisotopic (exact) mass is 286 g/mol. The summed E-state index contributed by atoms with van der Waals surface area (Å²) in [4.78, 5) is 6.44. The average Bonchev–Trinajstić information content (AvgIpc) is 2.51. The maximum atomic E-state index is 12.9. The van der Waals surface area contributed by atoms with Crippen LogP contribution in [0.1, 0.15) is 11.1 Å². The van der Waals surface area contributed by atoms with Crippen molar-refractivity contribution in [1.82, 2.24) is 9.88 Å². The van der Waals surface area contributed by atoms with Gasteiger partial charge in [-0.05, 0) is 41.8 Å². The lowest BCUT2D eigenvalue weighted by molar-refractivity contribution is -0.0305. The highest BCUT2D eigenvalue weighted by Crippen LogP contribution is 2.14. The molecule has 1 atom stereocenters. The zero-order valence-electron chi connectivity index (χ0n) is 11.9. The maximum Gasteiger partial charge on any atom is 0.123 e. The Hall–Kier alpha value is -1.78. The Labute approximate surface area is 124 Å². The third-order valence-corrected chi connectivity index (χ3v) is 3.76. The van der Waals surface area contributed by atoms with Gasteiger partial charge in [0.15, 0.2) is 0 Å². The summed E-state index contributed by atoms with van der Waals surface area (Å²) in [7, 11) is 0. The second-order valence-electron chi connectivity index (χ2n) is 5.41. The van der Waals surface area contributed by atoms with E-state index in [9.17, 15) is 4.39 Å². The van der Waals surface area contributed by atoms with Gasteiger partial charge in [-0.25, -0.2) is 4.39 Å². The molecule has 1 fully saturated rings. The fourth-order valence-electron chi connectivity index (χ4n) is 2.68. The minimum Gasteiger partial charge on any atom is -0.375 e. The van der Waals surface area contributed by atoms with Crippen LogP contribution in [-0.2, 0) is 17.7 Å². The summed E-state index contributed by atoms with van der Waals surface area (Å²) < 4.78 is 18.8. The highest BCUT2D eigenvalue weighted by Gasteiger charge is 2.20. The van der Waals surface area contributed by atoms with E-state index in [-0.39, 0.29) is 11.9 Å². The highest BCUT2D eigenvalue weighted by atomic mass is 19.1. The fourth-order valence-corrected chi connectivity index (χ4v) is 2.68. The lowest BCUT2D eigenvalue weighted by Gasteiger charge is -2.33. The molecule has 0 radical (unpaired) electrons. The molecule has 0 spiro atoms. The van der Waals surface area contributed by atoms with E-state index in [2.05, 4.69) is 9.88 Å². The van der Waals surface area contributed by atoms with Crippen molar-refractivity contribution in [3.05, 3.63) is 65.7 Å². The molecule has 110 valence electrons.